The topological polar surface area (TPSA) is 63.2 Å². The van der Waals surface area contributed by atoms with Gasteiger partial charge in [-0.05, 0) is 31.5 Å². The van der Waals surface area contributed by atoms with Crippen molar-refractivity contribution in [1.29, 1.82) is 0 Å². The van der Waals surface area contributed by atoms with E-state index in [0.29, 0.717) is 0 Å². The maximum absolute atomic E-state index is 15.4. The Balaban J connectivity index is 2.03. The van der Waals surface area contributed by atoms with Crippen LogP contribution in [0, 0.1) is 13.8 Å². The van der Waals surface area contributed by atoms with Crippen molar-refractivity contribution in [2.75, 3.05) is 0 Å². The fraction of sp³-hybridized carbons (Fsp3) is 0.174. The van der Waals surface area contributed by atoms with E-state index in [9.17, 15) is 13.2 Å². The molecule has 3 aromatic rings. The van der Waals surface area contributed by atoms with Crippen molar-refractivity contribution in [3.05, 3.63) is 101 Å². The molecule has 7 heteroatoms. The third kappa shape index (κ3) is 4.63. The number of sulfonamides is 1. The van der Waals surface area contributed by atoms with Gasteiger partial charge >= 0.3 is 5.92 Å². The summed E-state index contributed by atoms with van der Waals surface area (Å²) in [6.07, 6.45) is 0. The zero-order valence-electron chi connectivity index (χ0n) is 16.5. The summed E-state index contributed by atoms with van der Waals surface area (Å²) in [7, 11) is -4.31. The van der Waals surface area contributed by atoms with Gasteiger partial charge in [0.05, 0.1) is 4.90 Å². The monoisotopic (exact) mass is 429 g/mol. The molecule has 0 saturated heterocycles. The molecule has 0 amide bonds. The molecular weight excluding hydrogens is 408 g/mol. The number of nitrogens with one attached hydrogen (secondary N) is 1. The van der Waals surface area contributed by atoms with Crippen LogP contribution >= 0.6 is 0 Å². The molecular formula is C23H21F2NO3S. The van der Waals surface area contributed by atoms with E-state index in [4.69, 9.17) is 0 Å². The summed E-state index contributed by atoms with van der Waals surface area (Å²) in [5.41, 5.74) is 1.43. The number of carbonyl (C=O) groups is 1. The van der Waals surface area contributed by atoms with Crippen molar-refractivity contribution in [3.63, 3.8) is 0 Å². The summed E-state index contributed by atoms with van der Waals surface area (Å²) in [6, 6.07) is 16.8. The minimum atomic E-state index is -4.31. The largest absolute Gasteiger partial charge is 0.329 e. The molecule has 0 radical (unpaired) electrons. The molecule has 1 unspecified atom stereocenters. The maximum Gasteiger partial charge on any atom is 0.329 e. The molecule has 0 bridgehead atoms. The summed E-state index contributed by atoms with van der Waals surface area (Å²) in [5, 5.41) is 0. The highest BCUT2D eigenvalue weighted by Gasteiger charge is 2.49. The van der Waals surface area contributed by atoms with Gasteiger partial charge in [-0.1, -0.05) is 77.9 Å². The summed E-state index contributed by atoms with van der Waals surface area (Å²) in [4.78, 5) is 12.5. The third-order valence-electron chi connectivity index (χ3n) is 4.72. The molecule has 3 aromatic carbocycles. The average molecular weight is 429 g/mol. The van der Waals surface area contributed by atoms with Gasteiger partial charge in [-0.3, -0.25) is 4.79 Å². The first-order chi connectivity index (χ1) is 14.1. The Kier molecular flexibility index (Phi) is 6.14. The van der Waals surface area contributed by atoms with Crippen LogP contribution in [0.2, 0.25) is 0 Å². The van der Waals surface area contributed by atoms with Crippen LogP contribution in [0.4, 0.5) is 8.78 Å². The van der Waals surface area contributed by atoms with Crippen LogP contribution in [0.3, 0.4) is 0 Å². The fourth-order valence-electron chi connectivity index (χ4n) is 2.97. The summed E-state index contributed by atoms with van der Waals surface area (Å²) in [6.45, 7) is 3.56. The van der Waals surface area contributed by atoms with E-state index in [1.807, 2.05) is 4.72 Å². The standard InChI is InChI=1S/C23H21F2NO3S/c1-16-8-12-19(13-9-16)22(27)23(24,25)21(18-6-4-3-5-7-18)26-30(28,29)20-14-10-17(2)11-15-20/h3-15,21,26H,1-2H3. The number of carbonyl (C=O) groups excluding carboxylic acids is 1. The Hall–Kier alpha value is -2.90. The number of ketones is 1. The van der Waals surface area contributed by atoms with E-state index in [1.165, 1.54) is 48.5 Å². The quantitative estimate of drug-likeness (QED) is 0.547. The molecule has 30 heavy (non-hydrogen) atoms. The second kappa shape index (κ2) is 8.45. The van der Waals surface area contributed by atoms with Gasteiger partial charge in [0, 0.05) is 5.56 Å². The van der Waals surface area contributed by atoms with Crippen molar-refractivity contribution in [3.8, 4) is 0 Å². The average Bonchev–Trinajstić information content (AvgIpc) is 2.73. The van der Waals surface area contributed by atoms with Crippen LogP contribution in [-0.2, 0) is 10.0 Å². The zero-order valence-corrected chi connectivity index (χ0v) is 17.3. The van der Waals surface area contributed by atoms with Crippen LogP contribution in [0.5, 0.6) is 0 Å². The minimum Gasteiger partial charge on any atom is -0.287 e. The molecule has 0 aromatic heterocycles. The molecule has 1 N–H and O–H groups in total. The van der Waals surface area contributed by atoms with Crippen molar-refractivity contribution < 1.29 is 22.0 Å². The van der Waals surface area contributed by atoms with Gasteiger partial charge in [0.25, 0.3) is 0 Å². The van der Waals surface area contributed by atoms with Gasteiger partial charge in [0.2, 0.25) is 15.8 Å². The molecule has 0 heterocycles. The molecule has 156 valence electrons. The lowest BCUT2D eigenvalue weighted by Gasteiger charge is -2.27. The lowest BCUT2D eigenvalue weighted by atomic mass is 9.94. The van der Waals surface area contributed by atoms with Crippen LogP contribution in [-0.4, -0.2) is 20.1 Å². The first-order valence-electron chi connectivity index (χ1n) is 9.24. The highest BCUT2D eigenvalue weighted by atomic mass is 32.2. The molecule has 0 fully saturated rings. The summed E-state index contributed by atoms with van der Waals surface area (Å²) in [5.74, 6) is -5.48. The molecule has 0 spiro atoms. The van der Waals surface area contributed by atoms with Crippen molar-refractivity contribution in [2.45, 2.75) is 30.7 Å². The number of Topliss-reactive ketones (excluding diaryl/α,β-unsaturated/α-hetero) is 1. The van der Waals surface area contributed by atoms with E-state index < -0.39 is 27.8 Å². The smallest absolute Gasteiger partial charge is 0.287 e. The lowest BCUT2D eigenvalue weighted by molar-refractivity contribution is -0.0111. The predicted octanol–water partition coefficient (Wildman–Crippen LogP) is 4.84. The minimum absolute atomic E-state index is 0.0151. The number of benzene rings is 3. The van der Waals surface area contributed by atoms with E-state index in [-0.39, 0.29) is 16.0 Å². The Morgan fingerprint density at radius 3 is 1.87 bits per heavy atom. The fourth-order valence-corrected chi connectivity index (χ4v) is 4.19. The van der Waals surface area contributed by atoms with Crippen molar-refractivity contribution in [2.24, 2.45) is 0 Å². The Labute approximate surface area is 174 Å². The molecule has 0 aliphatic heterocycles. The number of halogens is 2. The van der Waals surface area contributed by atoms with Crippen molar-refractivity contribution in [1.82, 2.24) is 4.72 Å². The third-order valence-corrected chi connectivity index (χ3v) is 6.16. The second-order valence-corrected chi connectivity index (χ2v) is 8.81. The highest BCUT2D eigenvalue weighted by molar-refractivity contribution is 7.89. The van der Waals surface area contributed by atoms with Crippen molar-refractivity contribution >= 4 is 15.8 Å². The Bertz CT molecular complexity index is 1130. The van der Waals surface area contributed by atoms with Crippen LogP contribution in [0.25, 0.3) is 0 Å². The number of hydrogen-bond acceptors (Lipinski definition) is 3. The number of hydrogen-bond donors (Lipinski definition) is 1. The van der Waals surface area contributed by atoms with Crippen LogP contribution in [0.15, 0.2) is 83.8 Å². The van der Waals surface area contributed by atoms with Crippen LogP contribution < -0.4 is 4.72 Å². The normalized spacial score (nSPS) is 13.1. The first kappa shape index (κ1) is 21.8. The Morgan fingerprint density at radius 1 is 0.833 bits per heavy atom. The van der Waals surface area contributed by atoms with E-state index >= 15 is 8.78 Å². The number of rotatable bonds is 7. The van der Waals surface area contributed by atoms with E-state index in [0.717, 1.165) is 11.1 Å². The molecule has 0 aliphatic rings. The van der Waals surface area contributed by atoms with Gasteiger partial charge in [-0.2, -0.15) is 13.5 Å². The summed E-state index contributed by atoms with van der Waals surface area (Å²) >= 11 is 0. The molecule has 0 saturated carbocycles. The molecule has 0 aliphatic carbocycles. The predicted molar refractivity (Wildman–Crippen MR) is 111 cm³/mol. The number of aryl methyl sites for hydroxylation is 2. The van der Waals surface area contributed by atoms with Gasteiger partial charge in [0.1, 0.15) is 6.04 Å². The zero-order chi connectivity index (χ0) is 21.9. The molecule has 1 atom stereocenters. The van der Waals surface area contributed by atoms with E-state index in [2.05, 4.69) is 0 Å². The SMILES string of the molecule is Cc1ccc(C(=O)C(F)(F)C(NS(=O)(=O)c2ccc(C)cc2)c2ccccc2)cc1. The van der Waals surface area contributed by atoms with Gasteiger partial charge in [-0.15, -0.1) is 0 Å². The first-order valence-corrected chi connectivity index (χ1v) is 10.7. The van der Waals surface area contributed by atoms with Gasteiger partial charge in [0.15, 0.2) is 0 Å². The van der Waals surface area contributed by atoms with Gasteiger partial charge in [-0.25, -0.2) is 8.42 Å². The van der Waals surface area contributed by atoms with Gasteiger partial charge < -0.3 is 0 Å². The molecule has 3 rings (SSSR count). The highest BCUT2D eigenvalue weighted by Crippen LogP contribution is 2.36. The number of alkyl halides is 2. The summed E-state index contributed by atoms with van der Waals surface area (Å²) < 4.78 is 58.5. The lowest BCUT2D eigenvalue weighted by Crippen LogP contribution is -2.45. The van der Waals surface area contributed by atoms with E-state index in [1.54, 1.807) is 44.2 Å². The Morgan fingerprint density at radius 2 is 1.33 bits per heavy atom. The molecule has 4 nitrogen and oxygen atoms in total. The van der Waals surface area contributed by atoms with Crippen LogP contribution in [0.1, 0.15) is 33.1 Å². The maximum atomic E-state index is 15.4. The second-order valence-electron chi connectivity index (χ2n) is 7.10.